The lowest BCUT2D eigenvalue weighted by atomic mass is 9.66. The smallest absolute Gasteiger partial charge is 0.136 e. The van der Waals surface area contributed by atoms with Crippen molar-refractivity contribution < 1.29 is 9.53 Å². The summed E-state index contributed by atoms with van der Waals surface area (Å²) in [4.78, 5) is 12.4. The normalized spacial score (nSPS) is 38.0. The number of ether oxygens (including phenoxy) is 1. The summed E-state index contributed by atoms with van der Waals surface area (Å²) in [5.74, 6) is 2.33. The van der Waals surface area contributed by atoms with Crippen molar-refractivity contribution >= 4 is 5.78 Å². The van der Waals surface area contributed by atoms with Crippen LogP contribution in [0.1, 0.15) is 77.6 Å². The quantitative estimate of drug-likeness (QED) is 0.743. The standard InChI is InChI=1S/C18H30O2/c1-2-14-6-7-17(19)16(12-14)15-8-11-20-18(13-15)9-4-3-5-10-18/h14-16H,2-13H2,1H3. The van der Waals surface area contributed by atoms with Gasteiger partial charge < -0.3 is 4.74 Å². The highest BCUT2D eigenvalue weighted by Crippen LogP contribution is 2.45. The van der Waals surface area contributed by atoms with Gasteiger partial charge in [0, 0.05) is 18.9 Å². The van der Waals surface area contributed by atoms with Crippen LogP contribution < -0.4 is 0 Å². The Morgan fingerprint density at radius 1 is 1.20 bits per heavy atom. The number of hydrogen-bond acceptors (Lipinski definition) is 2. The zero-order valence-corrected chi connectivity index (χ0v) is 13.0. The lowest BCUT2D eigenvalue weighted by Gasteiger charge is -2.46. The Kier molecular flexibility index (Phi) is 4.49. The minimum absolute atomic E-state index is 0.153. The van der Waals surface area contributed by atoms with E-state index in [1.165, 1.54) is 44.9 Å². The molecule has 1 heterocycles. The Hall–Kier alpha value is -0.370. The van der Waals surface area contributed by atoms with Gasteiger partial charge in [0.15, 0.2) is 0 Å². The van der Waals surface area contributed by atoms with Crippen molar-refractivity contribution in [3.05, 3.63) is 0 Å². The van der Waals surface area contributed by atoms with Crippen LogP contribution in [0.5, 0.6) is 0 Å². The van der Waals surface area contributed by atoms with E-state index in [9.17, 15) is 4.79 Å². The third kappa shape index (κ3) is 2.95. The molecule has 2 nitrogen and oxygen atoms in total. The zero-order chi connectivity index (χ0) is 14.0. The fraction of sp³-hybridized carbons (Fsp3) is 0.944. The Balaban J connectivity index is 1.67. The minimum atomic E-state index is 0.153. The van der Waals surface area contributed by atoms with E-state index in [0.29, 0.717) is 17.6 Å². The molecule has 2 heteroatoms. The van der Waals surface area contributed by atoms with Gasteiger partial charge in [-0.3, -0.25) is 4.79 Å². The maximum atomic E-state index is 12.4. The van der Waals surface area contributed by atoms with Gasteiger partial charge in [-0.1, -0.05) is 32.6 Å². The zero-order valence-electron chi connectivity index (χ0n) is 13.0. The van der Waals surface area contributed by atoms with E-state index in [1.807, 2.05) is 0 Å². The van der Waals surface area contributed by atoms with Gasteiger partial charge in [0.05, 0.1) is 5.60 Å². The van der Waals surface area contributed by atoms with Gasteiger partial charge in [0.1, 0.15) is 5.78 Å². The van der Waals surface area contributed by atoms with E-state index in [4.69, 9.17) is 4.74 Å². The van der Waals surface area contributed by atoms with Gasteiger partial charge in [-0.2, -0.15) is 0 Å². The second-order valence-electron chi connectivity index (χ2n) is 7.47. The summed E-state index contributed by atoms with van der Waals surface area (Å²) in [5.41, 5.74) is 0.153. The summed E-state index contributed by atoms with van der Waals surface area (Å²) in [6, 6.07) is 0. The molecule has 0 amide bonds. The molecule has 2 aliphatic carbocycles. The highest BCUT2D eigenvalue weighted by molar-refractivity contribution is 5.82. The molecule has 3 aliphatic rings. The van der Waals surface area contributed by atoms with Crippen LogP contribution in [0.25, 0.3) is 0 Å². The molecule has 1 aliphatic heterocycles. The lowest BCUT2D eigenvalue weighted by molar-refractivity contribution is -0.142. The molecule has 3 fully saturated rings. The first kappa shape index (κ1) is 14.6. The highest BCUT2D eigenvalue weighted by Gasteiger charge is 2.43. The van der Waals surface area contributed by atoms with Crippen LogP contribution in [0, 0.1) is 17.8 Å². The Morgan fingerprint density at radius 2 is 2.00 bits per heavy atom. The lowest BCUT2D eigenvalue weighted by Crippen LogP contribution is -2.45. The van der Waals surface area contributed by atoms with Crippen LogP contribution in [0.15, 0.2) is 0 Å². The monoisotopic (exact) mass is 278 g/mol. The maximum absolute atomic E-state index is 12.4. The topological polar surface area (TPSA) is 26.3 Å². The summed E-state index contributed by atoms with van der Waals surface area (Å²) in [7, 11) is 0. The third-order valence-electron chi connectivity index (χ3n) is 6.24. The fourth-order valence-corrected chi connectivity index (χ4v) is 4.92. The molecule has 0 aromatic rings. The van der Waals surface area contributed by atoms with Crippen molar-refractivity contribution in [3.8, 4) is 0 Å². The van der Waals surface area contributed by atoms with E-state index >= 15 is 0 Å². The first-order valence-electron chi connectivity index (χ1n) is 8.89. The van der Waals surface area contributed by atoms with Crippen molar-refractivity contribution in [2.45, 2.75) is 83.2 Å². The average Bonchev–Trinajstić information content (AvgIpc) is 2.48. The Bertz CT molecular complexity index is 338. The van der Waals surface area contributed by atoms with E-state index in [0.717, 1.165) is 38.2 Å². The first-order chi connectivity index (χ1) is 9.72. The molecule has 1 saturated heterocycles. The van der Waals surface area contributed by atoms with Gasteiger partial charge in [0.2, 0.25) is 0 Å². The van der Waals surface area contributed by atoms with Crippen LogP contribution in [-0.4, -0.2) is 18.0 Å². The van der Waals surface area contributed by atoms with Gasteiger partial charge in [-0.05, 0) is 50.4 Å². The van der Waals surface area contributed by atoms with Crippen LogP contribution in [-0.2, 0) is 9.53 Å². The van der Waals surface area contributed by atoms with E-state index < -0.39 is 0 Å². The SMILES string of the molecule is CCC1CCC(=O)C(C2CCOC3(CCCCC3)C2)C1. The molecule has 0 radical (unpaired) electrons. The van der Waals surface area contributed by atoms with Gasteiger partial charge in [-0.25, -0.2) is 0 Å². The number of Topliss-reactive ketones (excluding diaryl/α,β-unsaturated/α-hetero) is 1. The average molecular weight is 278 g/mol. The summed E-state index contributed by atoms with van der Waals surface area (Å²) in [6.45, 7) is 3.18. The summed E-state index contributed by atoms with van der Waals surface area (Å²) >= 11 is 0. The van der Waals surface area contributed by atoms with Crippen LogP contribution >= 0.6 is 0 Å². The molecule has 1 spiro atoms. The van der Waals surface area contributed by atoms with E-state index in [1.54, 1.807) is 0 Å². The molecular weight excluding hydrogens is 248 g/mol. The van der Waals surface area contributed by atoms with Crippen molar-refractivity contribution in [1.29, 1.82) is 0 Å². The maximum Gasteiger partial charge on any atom is 0.136 e. The molecule has 2 saturated carbocycles. The van der Waals surface area contributed by atoms with E-state index in [2.05, 4.69) is 6.92 Å². The summed E-state index contributed by atoms with van der Waals surface area (Å²) < 4.78 is 6.20. The second-order valence-corrected chi connectivity index (χ2v) is 7.47. The van der Waals surface area contributed by atoms with Crippen molar-refractivity contribution in [3.63, 3.8) is 0 Å². The molecule has 20 heavy (non-hydrogen) atoms. The van der Waals surface area contributed by atoms with Crippen LogP contribution in [0.3, 0.4) is 0 Å². The minimum Gasteiger partial charge on any atom is -0.375 e. The summed E-state index contributed by atoms with van der Waals surface area (Å²) in [6.07, 6.45) is 13.2. The van der Waals surface area contributed by atoms with E-state index in [-0.39, 0.29) is 5.60 Å². The molecule has 114 valence electrons. The highest BCUT2D eigenvalue weighted by atomic mass is 16.5. The molecular formula is C18H30O2. The predicted octanol–water partition coefficient (Wildman–Crippen LogP) is 4.51. The molecule has 0 aromatic carbocycles. The first-order valence-corrected chi connectivity index (χ1v) is 8.89. The summed E-state index contributed by atoms with van der Waals surface area (Å²) in [5, 5.41) is 0. The third-order valence-corrected chi connectivity index (χ3v) is 6.24. The molecule has 3 rings (SSSR count). The van der Waals surface area contributed by atoms with Crippen molar-refractivity contribution in [2.75, 3.05) is 6.61 Å². The number of hydrogen-bond donors (Lipinski definition) is 0. The number of rotatable bonds is 2. The van der Waals surface area contributed by atoms with Crippen LogP contribution in [0.4, 0.5) is 0 Å². The van der Waals surface area contributed by atoms with Crippen molar-refractivity contribution in [1.82, 2.24) is 0 Å². The second kappa shape index (κ2) is 6.17. The molecule has 3 atom stereocenters. The van der Waals surface area contributed by atoms with Gasteiger partial charge in [0.25, 0.3) is 0 Å². The number of ketones is 1. The Morgan fingerprint density at radius 3 is 2.75 bits per heavy atom. The fourth-order valence-electron chi connectivity index (χ4n) is 4.92. The number of carbonyl (C=O) groups is 1. The molecule has 3 unspecified atom stereocenters. The van der Waals surface area contributed by atoms with Gasteiger partial charge in [-0.15, -0.1) is 0 Å². The molecule has 0 bridgehead atoms. The van der Waals surface area contributed by atoms with Gasteiger partial charge >= 0.3 is 0 Å². The van der Waals surface area contributed by atoms with Crippen LogP contribution in [0.2, 0.25) is 0 Å². The molecule has 0 N–H and O–H groups in total. The largest absolute Gasteiger partial charge is 0.375 e. The Labute approximate surface area is 123 Å². The molecule has 0 aromatic heterocycles. The predicted molar refractivity (Wildman–Crippen MR) is 80.6 cm³/mol. The number of carbonyl (C=O) groups excluding carboxylic acids is 1. The van der Waals surface area contributed by atoms with Crippen molar-refractivity contribution in [2.24, 2.45) is 17.8 Å².